The molecule has 0 saturated carbocycles. The van der Waals surface area contributed by atoms with E-state index in [1.54, 1.807) is 12.1 Å². The van der Waals surface area contributed by atoms with Crippen LogP contribution in [0.1, 0.15) is 17.0 Å². The number of alkyl halides is 1. The van der Waals surface area contributed by atoms with Crippen molar-refractivity contribution in [2.75, 3.05) is 0 Å². The number of hydrogen-bond donors (Lipinski definition) is 0. The van der Waals surface area contributed by atoms with Crippen LogP contribution in [0.5, 0.6) is 0 Å². The predicted molar refractivity (Wildman–Crippen MR) is 87.8 cm³/mol. The van der Waals surface area contributed by atoms with Gasteiger partial charge >= 0.3 is 0 Å². The molecule has 0 amide bonds. The predicted octanol–water partition coefficient (Wildman–Crippen LogP) is 4.71. The number of halogens is 2. The number of para-hydroxylation sites is 1. The maximum absolute atomic E-state index is 8.98. The molecule has 0 spiro atoms. The summed E-state index contributed by atoms with van der Waals surface area (Å²) in [4.78, 5) is 4.64. The van der Waals surface area contributed by atoms with Gasteiger partial charge in [-0.25, -0.2) is 4.98 Å². The third kappa shape index (κ3) is 2.33. The van der Waals surface area contributed by atoms with Crippen molar-refractivity contribution < 1.29 is 0 Å². The number of rotatable bonds is 2. The van der Waals surface area contributed by atoms with Gasteiger partial charge in [0.15, 0.2) is 0 Å². The third-order valence-electron chi connectivity index (χ3n) is 3.39. The van der Waals surface area contributed by atoms with Crippen molar-refractivity contribution in [3.8, 4) is 11.8 Å². The maximum atomic E-state index is 8.98. The molecule has 3 aromatic rings. The van der Waals surface area contributed by atoms with Gasteiger partial charge in [-0.3, -0.25) is 4.57 Å². The molecule has 0 fully saturated rings. The van der Waals surface area contributed by atoms with E-state index in [0.29, 0.717) is 11.4 Å². The number of hydrogen-bond acceptors (Lipinski definition) is 2. The van der Waals surface area contributed by atoms with Gasteiger partial charge in [-0.15, -0.1) is 11.6 Å². The molecule has 0 atom stereocenters. The Kier molecular flexibility index (Phi) is 3.71. The number of fused-ring (bicyclic) bond motifs is 1. The molecule has 1 aromatic heterocycles. The van der Waals surface area contributed by atoms with E-state index in [0.717, 1.165) is 32.6 Å². The minimum Gasteiger partial charge on any atom is -0.294 e. The molecule has 21 heavy (non-hydrogen) atoms. The maximum Gasteiger partial charge on any atom is 0.129 e. The van der Waals surface area contributed by atoms with Crippen LogP contribution < -0.4 is 0 Å². The van der Waals surface area contributed by atoms with Crippen molar-refractivity contribution in [3.05, 3.63) is 57.8 Å². The fourth-order valence-electron chi connectivity index (χ4n) is 2.40. The molecule has 0 aliphatic carbocycles. The zero-order chi connectivity index (χ0) is 15.0. The van der Waals surface area contributed by atoms with Crippen molar-refractivity contribution >= 4 is 38.6 Å². The molecule has 0 N–H and O–H groups in total. The molecule has 0 aliphatic heterocycles. The number of benzene rings is 2. The lowest BCUT2D eigenvalue weighted by molar-refractivity contribution is 0.977. The Morgan fingerprint density at radius 3 is 2.81 bits per heavy atom. The van der Waals surface area contributed by atoms with Crippen LogP contribution in [0, 0.1) is 18.3 Å². The second kappa shape index (κ2) is 5.51. The van der Waals surface area contributed by atoms with Crippen molar-refractivity contribution in [1.82, 2.24) is 9.55 Å². The highest BCUT2D eigenvalue weighted by atomic mass is 79.9. The van der Waals surface area contributed by atoms with Crippen molar-refractivity contribution in [2.45, 2.75) is 12.8 Å². The Morgan fingerprint density at radius 2 is 2.14 bits per heavy atom. The quantitative estimate of drug-likeness (QED) is 0.621. The van der Waals surface area contributed by atoms with Crippen LogP contribution in [0.4, 0.5) is 0 Å². The summed E-state index contributed by atoms with van der Waals surface area (Å²) in [5.41, 5.74) is 4.61. The molecule has 1 heterocycles. The summed E-state index contributed by atoms with van der Waals surface area (Å²) in [6.07, 6.45) is 0. The molecule has 0 aliphatic rings. The monoisotopic (exact) mass is 359 g/mol. The minimum absolute atomic E-state index is 0.320. The summed E-state index contributed by atoms with van der Waals surface area (Å²) < 4.78 is 2.87. The summed E-state index contributed by atoms with van der Waals surface area (Å²) in [5.74, 6) is 1.10. The van der Waals surface area contributed by atoms with Crippen LogP contribution in [-0.4, -0.2) is 9.55 Å². The molecular weight excluding hydrogens is 350 g/mol. The van der Waals surface area contributed by atoms with Crippen LogP contribution in [0.2, 0.25) is 0 Å². The van der Waals surface area contributed by atoms with Gasteiger partial charge in [-0.2, -0.15) is 5.26 Å². The summed E-state index contributed by atoms with van der Waals surface area (Å²) in [5, 5.41) is 8.98. The topological polar surface area (TPSA) is 41.6 Å². The SMILES string of the molecule is Cc1cccc2c1nc(CCl)n2-c1ccc(C#N)cc1Br. The van der Waals surface area contributed by atoms with Gasteiger partial charge < -0.3 is 0 Å². The van der Waals surface area contributed by atoms with Crippen LogP contribution in [0.25, 0.3) is 16.7 Å². The molecule has 3 rings (SSSR count). The van der Waals surface area contributed by atoms with Gasteiger partial charge in [0.1, 0.15) is 5.82 Å². The number of imidazole rings is 1. The van der Waals surface area contributed by atoms with E-state index in [1.807, 2.05) is 35.8 Å². The summed E-state index contributed by atoms with van der Waals surface area (Å²) in [7, 11) is 0. The third-order valence-corrected chi connectivity index (χ3v) is 4.27. The highest BCUT2D eigenvalue weighted by molar-refractivity contribution is 9.10. The molecule has 0 saturated heterocycles. The molecule has 0 unspecified atom stereocenters. The van der Waals surface area contributed by atoms with Crippen LogP contribution in [0.15, 0.2) is 40.9 Å². The highest BCUT2D eigenvalue weighted by Gasteiger charge is 2.15. The standard InChI is InChI=1S/C16H11BrClN3/c1-10-3-2-4-14-16(10)20-15(8-18)21(14)13-6-5-11(9-19)7-12(13)17/h2-7H,8H2,1H3. The normalized spacial score (nSPS) is 10.8. The molecule has 0 bridgehead atoms. The summed E-state index contributed by atoms with van der Waals surface area (Å²) >= 11 is 9.60. The van der Waals surface area contributed by atoms with Gasteiger partial charge in [-0.1, -0.05) is 12.1 Å². The first-order chi connectivity index (χ1) is 10.2. The fourth-order valence-corrected chi connectivity index (χ4v) is 3.14. The Labute approximate surface area is 135 Å². The van der Waals surface area contributed by atoms with E-state index in [2.05, 4.69) is 27.0 Å². The van der Waals surface area contributed by atoms with Crippen molar-refractivity contribution in [2.24, 2.45) is 0 Å². The van der Waals surface area contributed by atoms with Crippen molar-refractivity contribution in [3.63, 3.8) is 0 Å². The molecule has 5 heteroatoms. The molecule has 0 radical (unpaired) electrons. The molecule has 3 nitrogen and oxygen atoms in total. The van der Waals surface area contributed by atoms with E-state index < -0.39 is 0 Å². The summed E-state index contributed by atoms with van der Waals surface area (Å²) in [6, 6.07) is 13.7. The average Bonchev–Trinajstić information content (AvgIpc) is 2.87. The lowest BCUT2D eigenvalue weighted by Gasteiger charge is -2.10. The zero-order valence-corrected chi connectivity index (χ0v) is 13.6. The lowest BCUT2D eigenvalue weighted by Crippen LogP contribution is -2.00. The van der Waals surface area contributed by atoms with E-state index in [4.69, 9.17) is 16.9 Å². The average molecular weight is 361 g/mol. The van der Waals surface area contributed by atoms with Gasteiger partial charge in [0.05, 0.1) is 34.2 Å². The van der Waals surface area contributed by atoms with Gasteiger partial charge in [-0.05, 0) is 52.7 Å². The van der Waals surface area contributed by atoms with E-state index >= 15 is 0 Å². The minimum atomic E-state index is 0.320. The molecular formula is C16H11BrClN3. The van der Waals surface area contributed by atoms with Crippen molar-refractivity contribution in [1.29, 1.82) is 5.26 Å². The molecule has 104 valence electrons. The Morgan fingerprint density at radius 1 is 1.33 bits per heavy atom. The number of nitrogens with zero attached hydrogens (tertiary/aromatic N) is 3. The van der Waals surface area contributed by atoms with Gasteiger partial charge in [0.2, 0.25) is 0 Å². The fraction of sp³-hybridized carbons (Fsp3) is 0.125. The van der Waals surface area contributed by atoms with E-state index in [9.17, 15) is 0 Å². The number of aryl methyl sites for hydroxylation is 1. The summed E-state index contributed by atoms with van der Waals surface area (Å²) in [6.45, 7) is 2.03. The first kappa shape index (κ1) is 14.1. The highest BCUT2D eigenvalue weighted by Crippen LogP contribution is 2.29. The first-order valence-corrected chi connectivity index (χ1v) is 7.71. The van der Waals surface area contributed by atoms with Crippen LogP contribution in [0.3, 0.4) is 0 Å². The van der Waals surface area contributed by atoms with E-state index in [-0.39, 0.29) is 0 Å². The van der Waals surface area contributed by atoms with Gasteiger partial charge in [0.25, 0.3) is 0 Å². The lowest BCUT2D eigenvalue weighted by atomic mass is 10.2. The second-order valence-electron chi connectivity index (χ2n) is 4.72. The molecule has 2 aromatic carbocycles. The Hall–Kier alpha value is -1.83. The number of nitriles is 1. The second-order valence-corrected chi connectivity index (χ2v) is 5.84. The van der Waals surface area contributed by atoms with Crippen LogP contribution in [-0.2, 0) is 5.88 Å². The first-order valence-electron chi connectivity index (χ1n) is 6.38. The number of aromatic nitrogens is 2. The zero-order valence-electron chi connectivity index (χ0n) is 11.3. The Balaban J connectivity index is 2.34. The van der Waals surface area contributed by atoms with Crippen LogP contribution >= 0.6 is 27.5 Å². The van der Waals surface area contributed by atoms with E-state index in [1.165, 1.54) is 0 Å². The smallest absolute Gasteiger partial charge is 0.129 e. The largest absolute Gasteiger partial charge is 0.294 e. The Bertz CT molecular complexity index is 877. The van der Waals surface area contributed by atoms with Gasteiger partial charge in [0, 0.05) is 4.47 Å².